The number of aromatic nitrogens is 3. The van der Waals surface area contributed by atoms with E-state index in [0.29, 0.717) is 17.8 Å². The third kappa shape index (κ3) is 2.72. The van der Waals surface area contributed by atoms with Crippen LogP contribution in [-0.4, -0.2) is 21.1 Å². The molecule has 18 heavy (non-hydrogen) atoms. The Morgan fingerprint density at radius 3 is 3.11 bits per heavy atom. The van der Waals surface area contributed by atoms with Crippen molar-refractivity contribution in [2.75, 3.05) is 0 Å². The van der Waals surface area contributed by atoms with Gasteiger partial charge in [0.05, 0.1) is 17.9 Å². The zero-order valence-electron chi connectivity index (χ0n) is 10.1. The van der Waals surface area contributed by atoms with Crippen molar-refractivity contribution in [1.82, 2.24) is 20.5 Å². The molecule has 4 N–H and O–H groups in total. The van der Waals surface area contributed by atoms with Crippen LogP contribution in [0.15, 0.2) is 30.7 Å². The van der Waals surface area contributed by atoms with Crippen LogP contribution in [0.3, 0.4) is 0 Å². The largest absolute Gasteiger partial charge is 0.345 e. The fourth-order valence-corrected chi connectivity index (χ4v) is 1.59. The van der Waals surface area contributed by atoms with Crippen LogP contribution in [0.5, 0.6) is 0 Å². The molecule has 2 rings (SSSR count). The Bertz CT molecular complexity index is 523. The molecule has 2 aromatic heterocycles. The van der Waals surface area contributed by atoms with Gasteiger partial charge in [-0.25, -0.2) is 0 Å². The number of nitrogens with one attached hydrogen (secondary N) is 2. The minimum atomic E-state index is -0.152. The van der Waals surface area contributed by atoms with Crippen molar-refractivity contribution in [3.05, 3.63) is 47.5 Å². The predicted octanol–water partition coefficient (Wildman–Crippen LogP) is 0.754. The normalized spacial score (nSPS) is 12.1. The highest BCUT2D eigenvalue weighted by atomic mass is 16.1. The van der Waals surface area contributed by atoms with E-state index in [1.807, 2.05) is 6.92 Å². The van der Waals surface area contributed by atoms with Gasteiger partial charge in [0.1, 0.15) is 0 Å². The number of hydrogen-bond donors (Lipinski definition) is 3. The van der Waals surface area contributed by atoms with Crippen LogP contribution in [-0.2, 0) is 6.54 Å². The Morgan fingerprint density at radius 1 is 1.61 bits per heavy atom. The lowest BCUT2D eigenvalue weighted by Crippen LogP contribution is -2.26. The number of nitrogens with two attached hydrogens (primary N) is 1. The van der Waals surface area contributed by atoms with Crippen LogP contribution in [0.4, 0.5) is 0 Å². The number of carbonyl (C=O) groups is 1. The van der Waals surface area contributed by atoms with Crippen molar-refractivity contribution in [2.45, 2.75) is 19.5 Å². The molecule has 0 saturated heterocycles. The first kappa shape index (κ1) is 12.3. The van der Waals surface area contributed by atoms with E-state index < -0.39 is 0 Å². The smallest absolute Gasteiger partial charge is 0.251 e. The Kier molecular flexibility index (Phi) is 3.69. The summed E-state index contributed by atoms with van der Waals surface area (Å²) in [6, 6.07) is 3.25. The molecule has 0 aliphatic heterocycles. The van der Waals surface area contributed by atoms with Gasteiger partial charge < -0.3 is 11.1 Å². The molecule has 0 saturated carbocycles. The molecular formula is C12H15N5O. The molecule has 1 atom stereocenters. The van der Waals surface area contributed by atoms with Crippen LogP contribution >= 0.6 is 0 Å². The number of carbonyl (C=O) groups excluding carboxylic acids is 1. The first-order chi connectivity index (χ1) is 8.70. The number of H-pyrrole nitrogens is 1. The van der Waals surface area contributed by atoms with Crippen molar-refractivity contribution in [2.24, 2.45) is 5.73 Å². The van der Waals surface area contributed by atoms with E-state index in [1.165, 1.54) is 0 Å². The van der Waals surface area contributed by atoms with E-state index >= 15 is 0 Å². The van der Waals surface area contributed by atoms with Crippen LogP contribution in [0, 0.1) is 0 Å². The van der Waals surface area contributed by atoms with E-state index in [1.54, 1.807) is 30.7 Å². The van der Waals surface area contributed by atoms with Gasteiger partial charge in [0.2, 0.25) is 0 Å². The molecule has 1 unspecified atom stereocenters. The van der Waals surface area contributed by atoms with Gasteiger partial charge in [-0.3, -0.25) is 14.9 Å². The second-order valence-corrected chi connectivity index (χ2v) is 3.97. The molecule has 2 aromatic rings. The van der Waals surface area contributed by atoms with E-state index in [9.17, 15) is 4.79 Å². The van der Waals surface area contributed by atoms with Crippen LogP contribution in [0.2, 0.25) is 0 Å². The fraction of sp³-hybridized carbons (Fsp3) is 0.250. The van der Waals surface area contributed by atoms with Gasteiger partial charge in [0, 0.05) is 30.1 Å². The molecule has 94 valence electrons. The zero-order chi connectivity index (χ0) is 13.0. The highest BCUT2D eigenvalue weighted by Gasteiger charge is 2.12. The number of rotatable bonds is 4. The first-order valence-electron chi connectivity index (χ1n) is 5.65. The number of aromatic amines is 1. The Hall–Kier alpha value is -2.21. The predicted molar refractivity (Wildman–Crippen MR) is 66.6 cm³/mol. The van der Waals surface area contributed by atoms with Gasteiger partial charge in [0.25, 0.3) is 5.91 Å². The molecular weight excluding hydrogens is 230 g/mol. The summed E-state index contributed by atoms with van der Waals surface area (Å²) in [5.41, 5.74) is 7.67. The summed E-state index contributed by atoms with van der Waals surface area (Å²) in [6.45, 7) is 2.21. The van der Waals surface area contributed by atoms with Gasteiger partial charge in [-0.2, -0.15) is 5.10 Å². The number of pyridine rings is 1. The lowest BCUT2D eigenvalue weighted by atomic mass is 10.1. The van der Waals surface area contributed by atoms with Gasteiger partial charge >= 0.3 is 0 Å². The summed E-state index contributed by atoms with van der Waals surface area (Å²) in [5, 5.41) is 9.44. The monoisotopic (exact) mass is 245 g/mol. The van der Waals surface area contributed by atoms with E-state index in [-0.39, 0.29) is 11.9 Å². The molecule has 1 amide bonds. The SMILES string of the molecule is CC(NC(=O)c1ccnc(CN)c1)c1cn[nH]c1. The quantitative estimate of drug-likeness (QED) is 0.740. The van der Waals surface area contributed by atoms with Crippen LogP contribution in [0.1, 0.15) is 34.6 Å². The molecule has 0 bridgehead atoms. The van der Waals surface area contributed by atoms with Crippen molar-refractivity contribution in [3.8, 4) is 0 Å². The summed E-state index contributed by atoms with van der Waals surface area (Å²) < 4.78 is 0. The lowest BCUT2D eigenvalue weighted by Gasteiger charge is -2.12. The first-order valence-corrected chi connectivity index (χ1v) is 5.65. The van der Waals surface area contributed by atoms with E-state index in [0.717, 1.165) is 5.56 Å². The maximum atomic E-state index is 12.0. The molecule has 0 aromatic carbocycles. The standard InChI is InChI=1S/C12H15N5O/c1-8(10-6-15-16-7-10)17-12(18)9-2-3-14-11(4-9)5-13/h2-4,6-8H,5,13H2,1H3,(H,15,16)(H,17,18). The van der Waals surface area contributed by atoms with Gasteiger partial charge in [-0.1, -0.05) is 0 Å². The average Bonchev–Trinajstić information content (AvgIpc) is 2.92. The van der Waals surface area contributed by atoms with E-state index in [4.69, 9.17) is 5.73 Å². The summed E-state index contributed by atoms with van der Waals surface area (Å²) in [4.78, 5) is 16.1. The Morgan fingerprint density at radius 2 is 2.44 bits per heavy atom. The van der Waals surface area contributed by atoms with Crippen molar-refractivity contribution in [1.29, 1.82) is 0 Å². The van der Waals surface area contributed by atoms with Gasteiger partial charge in [-0.05, 0) is 19.1 Å². The minimum absolute atomic E-state index is 0.106. The van der Waals surface area contributed by atoms with Crippen LogP contribution in [0.25, 0.3) is 0 Å². The molecule has 0 fully saturated rings. The van der Waals surface area contributed by atoms with Crippen molar-refractivity contribution in [3.63, 3.8) is 0 Å². The average molecular weight is 245 g/mol. The highest BCUT2D eigenvalue weighted by Crippen LogP contribution is 2.10. The van der Waals surface area contributed by atoms with Crippen molar-refractivity contribution >= 4 is 5.91 Å². The number of nitrogens with zero attached hydrogens (tertiary/aromatic N) is 2. The fourth-order valence-electron chi connectivity index (χ4n) is 1.59. The zero-order valence-corrected chi connectivity index (χ0v) is 10.1. The number of amides is 1. The molecule has 0 aliphatic rings. The summed E-state index contributed by atoms with van der Waals surface area (Å²) in [6.07, 6.45) is 5.02. The second-order valence-electron chi connectivity index (χ2n) is 3.97. The second kappa shape index (κ2) is 5.42. The third-order valence-corrected chi connectivity index (χ3v) is 2.65. The minimum Gasteiger partial charge on any atom is -0.345 e. The molecule has 0 aliphatic carbocycles. The highest BCUT2D eigenvalue weighted by molar-refractivity contribution is 5.94. The molecule has 0 radical (unpaired) electrons. The lowest BCUT2D eigenvalue weighted by molar-refractivity contribution is 0.0939. The maximum absolute atomic E-state index is 12.0. The molecule has 6 heteroatoms. The molecule has 6 nitrogen and oxygen atoms in total. The summed E-state index contributed by atoms with van der Waals surface area (Å²) in [7, 11) is 0. The van der Waals surface area contributed by atoms with Gasteiger partial charge in [0.15, 0.2) is 0 Å². The topological polar surface area (TPSA) is 96.7 Å². The Labute approximate surface area is 105 Å². The Balaban J connectivity index is 2.07. The van der Waals surface area contributed by atoms with E-state index in [2.05, 4.69) is 20.5 Å². The van der Waals surface area contributed by atoms with Crippen molar-refractivity contribution < 1.29 is 4.79 Å². The van der Waals surface area contributed by atoms with Gasteiger partial charge in [-0.15, -0.1) is 0 Å². The third-order valence-electron chi connectivity index (χ3n) is 2.65. The number of hydrogen-bond acceptors (Lipinski definition) is 4. The van der Waals surface area contributed by atoms with Crippen LogP contribution < -0.4 is 11.1 Å². The molecule has 0 spiro atoms. The summed E-state index contributed by atoms with van der Waals surface area (Å²) in [5.74, 6) is -0.152. The maximum Gasteiger partial charge on any atom is 0.251 e. The molecule has 2 heterocycles. The summed E-state index contributed by atoms with van der Waals surface area (Å²) >= 11 is 0.